The predicted octanol–water partition coefficient (Wildman–Crippen LogP) is 5.54. The van der Waals surface area contributed by atoms with Crippen LogP contribution in [0.15, 0.2) is 52.1 Å². The van der Waals surface area contributed by atoms with Crippen molar-refractivity contribution in [3.05, 3.63) is 69.5 Å². The summed E-state index contributed by atoms with van der Waals surface area (Å²) in [6.07, 6.45) is 0. The average molecular weight is 545 g/mol. The first-order valence-corrected chi connectivity index (χ1v) is 13.0. The zero-order chi connectivity index (χ0) is 24.8. The molecule has 0 aliphatic carbocycles. The highest BCUT2D eigenvalue weighted by atomic mass is 79.9. The minimum absolute atomic E-state index is 0.102. The van der Waals surface area contributed by atoms with Gasteiger partial charge in [0.1, 0.15) is 0 Å². The minimum atomic E-state index is -0.311. The lowest BCUT2D eigenvalue weighted by Crippen LogP contribution is -2.33. The zero-order valence-corrected chi connectivity index (χ0v) is 22.5. The number of nitrogens with zero attached hydrogens (tertiary/aromatic N) is 3. The molecule has 9 heteroatoms. The molecule has 0 spiro atoms. The number of carbonyl (C=O) groups is 2. The summed E-state index contributed by atoms with van der Waals surface area (Å²) < 4.78 is 2.93. The van der Waals surface area contributed by atoms with E-state index in [4.69, 9.17) is 0 Å². The Bertz CT molecular complexity index is 1180. The van der Waals surface area contributed by atoms with E-state index in [0.717, 1.165) is 21.3 Å². The van der Waals surface area contributed by atoms with E-state index in [1.165, 1.54) is 11.8 Å². The summed E-state index contributed by atoms with van der Waals surface area (Å²) in [6.45, 7) is 10.6. The van der Waals surface area contributed by atoms with E-state index in [1.54, 1.807) is 6.07 Å². The van der Waals surface area contributed by atoms with Gasteiger partial charge in [-0.15, -0.1) is 10.2 Å². The van der Waals surface area contributed by atoms with E-state index in [9.17, 15) is 9.59 Å². The van der Waals surface area contributed by atoms with Crippen LogP contribution < -0.4 is 10.6 Å². The standard InChI is InChI=1S/C25H30BrN5O2S/c1-6-31-23(22(15(2)3)28-24(33)18-9-7-8-16(4)12-18)29-30-25(31)34-14-21(32)27-20-11-10-19(26)13-17(20)5/h7-13,15,22H,6,14H2,1-5H3,(H,27,32)(H,28,33)/t22-/m0/s1. The second-order valence-corrected chi connectivity index (χ2v) is 10.3. The number of carbonyl (C=O) groups excluding carboxylic acids is 2. The molecule has 34 heavy (non-hydrogen) atoms. The van der Waals surface area contributed by atoms with Gasteiger partial charge >= 0.3 is 0 Å². The number of anilines is 1. The Kier molecular flexibility index (Phi) is 8.90. The van der Waals surface area contributed by atoms with Crippen LogP contribution in [0.3, 0.4) is 0 Å². The molecule has 0 aliphatic rings. The van der Waals surface area contributed by atoms with Crippen LogP contribution in [0.2, 0.25) is 0 Å². The fourth-order valence-electron chi connectivity index (χ4n) is 3.56. The van der Waals surface area contributed by atoms with Crippen LogP contribution in [0.25, 0.3) is 0 Å². The molecule has 0 aliphatic heterocycles. The third-order valence-corrected chi connectivity index (χ3v) is 6.83. The van der Waals surface area contributed by atoms with Gasteiger partial charge in [0.2, 0.25) is 5.91 Å². The summed E-state index contributed by atoms with van der Waals surface area (Å²) in [7, 11) is 0. The molecule has 1 aromatic heterocycles. The van der Waals surface area contributed by atoms with Crippen LogP contribution in [0.1, 0.15) is 54.1 Å². The Balaban J connectivity index is 1.72. The van der Waals surface area contributed by atoms with Gasteiger partial charge in [0.25, 0.3) is 5.91 Å². The number of hydrogen-bond acceptors (Lipinski definition) is 5. The highest BCUT2D eigenvalue weighted by molar-refractivity contribution is 9.10. The molecule has 180 valence electrons. The van der Waals surface area contributed by atoms with Gasteiger partial charge in [0.05, 0.1) is 11.8 Å². The first kappa shape index (κ1) is 26.0. The third kappa shape index (κ3) is 6.48. The highest BCUT2D eigenvalue weighted by Crippen LogP contribution is 2.26. The molecule has 1 heterocycles. The molecular formula is C25H30BrN5O2S. The number of nitrogens with one attached hydrogen (secondary N) is 2. The Hall–Kier alpha value is -2.65. The normalized spacial score (nSPS) is 12.0. The second kappa shape index (κ2) is 11.7. The lowest BCUT2D eigenvalue weighted by Gasteiger charge is -2.22. The van der Waals surface area contributed by atoms with Gasteiger partial charge in [-0.25, -0.2) is 0 Å². The van der Waals surface area contributed by atoms with Crippen LogP contribution in [-0.2, 0) is 11.3 Å². The van der Waals surface area contributed by atoms with E-state index >= 15 is 0 Å². The Morgan fingerprint density at radius 2 is 1.88 bits per heavy atom. The topological polar surface area (TPSA) is 88.9 Å². The van der Waals surface area contributed by atoms with Gasteiger partial charge in [0.15, 0.2) is 11.0 Å². The Labute approximate surface area is 213 Å². The smallest absolute Gasteiger partial charge is 0.251 e. The SMILES string of the molecule is CCn1c(SCC(=O)Nc2ccc(Br)cc2C)nnc1[C@@H](NC(=O)c1cccc(C)c1)C(C)C. The number of hydrogen-bond donors (Lipinski definition) is 2. The van der Waals surface area contributed by atoms with Crippen LogP contribution in [0, 0.1) is 19.8 Å². The number of aromatic nitrogens is 3. The maximum absolute atomic E-state index is 12.9. The van der Waals surface area contributed by atoms with Crippen molar-refractivity contribution < 1.29 is 9.59 Å². The van der Waals surface area contributed by atoms with Crippen molar-refractivity contribution in [2.24, 2.45) is 5.92 Å². The zero-order valence-electron chi connectivity index (χ0n) is 20.1. The Morgan fingerprint density at radius 1 is 1.12 bits per heavy atom. The van der Waals surface area contributed by atoms with Gasteiger partial charge in [-0.05, 0) is 62.6 Å². The predicted molar refractivity (Wildman–Crippen MR) is 140 cm³/mol. The fourth-order valence-corrected chi connectivity index (χ4v) is 4.84. The molecule has 2 aromatic carbocycles. The maximum atomic E-state index is 12.9. The largest absolute Gasteiger partial charge is 0.342 e. The third-order valence-electron chi connectivity index (χ3n) is 5.37. The number of amides is 2. The molecule has 7 nitrogen and oxygen atoms in total. The summed E-state index contributed by atoms with van der Waals surface area (Å²) >= 11 is 4.76. The van der Waals surface area contributed by atoms with Crippen LogP contribution in [0.5, 0.6) is 0 Å². The van der Waals surface area contributed by atoms with Crippen molar-refractivity contribution in [2.75, 3.05) is 11.1 Å². The number of benzene rings is 2. The van der Waals surface area contributed by atoms with Crippen LogP contribution in [-0.4, -0.2) is 32.3 Å². The summed E-state index contributed by atoms with van der Waals surface area (Å²) in [5.41, 5.74) is 3.41. The monoisotopic (exact) mass is 543 g/mol. The first-order chi connectivity index (χ1) is 16.2. The van der Waals surface area contributed by atoms with Crippen molar-refractivity contribution in [1.82, 2.24) is 20.1 Å². The van der Waals surface area contributed by atoms with Gasteiger partial charge < -0.3 is 15.2 Å². The molecule has 1 atom stereocenters. The quantitative estimate of drug-likeness (QED) is 0.346. The number of thioether (sulfide) groups is 1. The van der Waals surface area contributed by atoms with E-state index in [2.05, 4.69) is 36.8 Å². The van der Waals surface area contributed by atoms with Crippen molar-refractivity contribution in [3.8, 4) is 0 Å². The number of rotatable bonds is 9. The van der Waals surface area contributed by atoms with E-state index < -0.39 is 0 Å². The molecule has 3 rings (SSSR count). The molecule has 0 unspecified atom stereocenters. The highest BCUT2D eigenvalue weighted by Gasteiger charge is 2.26. The van der Waals surface area contributed by atoms with Crippen molar-refractivity contribution in [3.63, 3.8) is 0 Å². The average Bonchev–Trinajstić information content (AvgIpc) is 3.20. The van der Waals surface area contributed by atoms with Crippen molar-refractivity contribution in [1.29, 1.82) is 0 Å². The van der Waals surface area contributed by atoms with Gasteiger partial charge in [-0.3, -0.25) is 9.59 Å². The van der Waals surface area contributed by atoms with Crippen LogP contribution >= 0.6 is 27.7 Å². The van der Waals surface area contributed by atoms with Gasteiger partial charge in [0, 0.05) is 22.3 Å². The summed E-state index contributed by atoms with van der Waals surface area (Å²) in [5, 5.41) is 15.4. The maximum Gasteiger partial charge on any atom is 0.251 e. The van der Waals surface area contributed by atoms with Gasteiger partial charge in [-0.2, -0.15) is 0 Å². The molecule has 0 saturated heterocycles. The summed E-state index contributed by atoms with van der Waals surface area (Å²) in [5.74, 6) is 0.729. The molecule has 3 aromatic rings. The van der Waals surface area contributed by atoms with Crippen LogP contribution in [0.4, 0.5) is 5.69 Å². The summed E-state index contributed by atoms with van der Waals surface area (Å²) in [4.78, 5) is 25.4. The lowest BCUT2D eigenvalue weighted by molar-refractivity contribution is -0.113. The fraction of sp³-hybridized carbons (Fsp3) is 0.360. The van der Waals surface area contributed by atoms with E-state index in [0.29, 0.717) is 23.1 Å². The van der Waals surface area contributed by atoms with Gasteiger partial charge in [-0.1, -0.05) is 59.2 Å². The molecule has 0 fully saturated rings. The molecule has 0 bridgehead atoms. The number of aryl methyl sites for hydroxylation is 2. The molecule has 0 radical (unpaired) electrons. The molecule has 0 saturated carbocycles. The first-order valence-electron chi connectivity index (χ1n) is 11.2. The van der Waals surface area contributed by atoms with E-state index in [-0.39, 0.29) is 29.5 Å². The Morgan fingerprint density at radius 3 is 2.53 bits per heavy atom. The number of halogens is 1. The minimum Gasteiger partial charge on any atom is -0.342 e. The molecule has 2 amide bonds. The molecular weight excluding hydrogens is 514 g/mol. The molecule has 2 N–H and O–H groups in total. The summed E-state index contributed by atoms with van der Waals surface area (Å²) in [6, 6.07) is 12.9. The lowest BCUT2D eigenvalue weighted by atomic mass is 10.0. The van der Waals surface area contributed by atoms with Crippen molar-refractivity contribution in [2.45, 2.75) is 52.4 Å². The van der Waals surface area contributed by atoms with Crippen molar-refractivity contribution >= 4 is 45.2 Å². The van der Waals surface area contributed by atoms with E-state index in [1.807, 2.05) is 75.6 Å². The second-order valence-electron chi connectivity index (χ2n) is 8.45.